The molecule has 2 fully saturated rings. The topological polar surface area (TPSA) is 69.3 Å². The van der Waals surface area contributed by atoms with Crippen LogP contribution in [0.5, 0.6) is 0 Å². The van der Waals surface area contributed by atoms with Crippen LogP contribution in [0.1, 0.15) is 45.4 Å². The van der Waals surface area contributed by atoms with Crippen molar-refractivity contribution in [1.82, 2.24) is 19.8 Å². The van der Waals surface area contributed by atoms with Gasteiger partial charge in [0.25, 0.3) is 0 Å². The van der Waals surface area contributed by atoms with Gasteiger partial charge in [0.1, 0.15) is 5.82 Å². The number of rotatable bonds is 5. The van der Waals surface area contributed by atoms with Gasteiger partial charge in [-0.15, -0.1) is 0 Å². The number of benzene rings is 1. The summed E-state index contributed by atoms with van der Waals surface area (Å²) in [6.07, 6.45) is 3.63. The number of hydrogen-bond donors (Lipinski definition) is 1. The van der Waals surface area contributed by atoms with Crippen molar-refractivity contribution in [2.75, 3.05) is 26.2 Å². The van der Waals surface area contributed by atoms with Crippen LogP contribution in [0.3, 0.4) is 0 Å². The first-order valence-corrected chi connectivity index (χ1v) is 10.4. The molecule has 2 saturated heterocycles. The fraction of sp³-hybridized carbons (Fsp3) is 0.591. The third-order valence-electron chi connectivity index (χ3n) is 6.18. The second-order valence-electron chi connectivity index (χ2n) is 8.93. The third-order valence-corrected chi connectivity index (χ3v) is 6.18. The molecule has 0 unspecified atom stereocenters. The highest BCUT2D eigenvalue weighted by atomic mass is 16.2. The Kier molecular flexibility index (Phi) is 5.13. The molecule has 0 bridgehead atoms. The molecule has 28 heavy (non-hydrogen) atoms. The van der Waals surface area contributed by atoms with Gasteiger partial charge in [0.05, 0.1) is 11.0 Å². The van der Waals surface area contributed by atoms with E-state index >= 15 is 0 Å². The highest BCUT2D eigenvalue weighted by Crippen LogP contribution is 2.41. The minimum absolute atomic E-state index is 0.0848. The van der Waals surface area contributed by atoms with E-state index in [-0.39, 0.29) is 11.3 Å². The second-order valence-corrected chi connectivity index (χ2v) is 8.93. The average molecular weight is 383 g/mol. The lowest BCUT2D eigenvalue weighted by molar-refractivity contribution is -0.133. The number of aryl methyl sites for hydroxylation is 1. The summed E-state index contributed by atoms with van der Waals surface area (Å²) in [4.78, 5) is 36.9. The van der Waals surface area contributed by atoms with Gasteiger partial charge in [0.2, 0.25) is 11.8 Å². The average Bonchev–Trinajstić information content (AvgIpc) is 3.21. The molecule has 6 heteroatoms. The van der Waals surface area contributed by atoms with Crippen molar-refractivity contribution in [3.63, 3.8) is 0 Å². The first-order valence-electron chi connectivity index (χ1n) is 10.4. The molecule has 2 amide bonds. The molecule has 150 valence electrons. The third kappa shape index (κ3) is 3.91. The van der Waals surface area contributed by atoms with Crippen LogP contribution in [0.15, 0.2) is 24.3 Å². The number of carbonyl (C=O) groups excluding carboxylic acids is 2. The maximum Gasteiger partial charge on any atom is 0.223 e. The zero-order valence-corrected chi connectivity index (χ0v) is 16.9. The maximum absolute atomic E-state index is 12.7. The molecule has 0 aliphatic carbocycles. The molecule has 1 N–H and O–H groups in total. The number of imidazole rings is 1. The lowest BCUT2D eigenvalue weighted by atomic mass is 9.77. The van der Waals surface area contributed by atoms with Gasteiger partial charge in [-0.05, 0) is 30.9 Å². The molecule has 0 saturated carbocycles. The zero-order valence-electron chi connectivity index (χ0n) is 16.9. The van der Waals surface area contributed by atoms with Crippen molar-refractivity contribution in [2.24, 2.45) is 11.3 Å². The first-order chi connectivity index (χ1) is 13.4. The number of carbonyl (C=O) groups is 2. The molecule has 4 rings (SSSR count). The quantitative estimate of drug-likeness (QED) is 0.864. The van der Waals surface area contributed by atoms with Crippen LogP contribution in [0, 0.1) is 11.3 Å². The Balaban J connectivity index is 1.29. The van der Waals surface area contributed by atoms with Crippen molar-refractivity contribution in [3.8, 4) is 0 Å². The summed E-state index contributed by atoms with van der Waals surface area (Å²) >= 11 is 0. The van der Waals surface area contributed by atoms with Gasteiger partial charge < -0.3 is 14.8 Å². The van der Waals surface area contributed by atoms with Crippen LogP contribution >= 0.6 is 0 Å². The van der Waals surface area contributed by atoms with Crippen molar-refractivity contribution in [3.05, 3.63) is 30.1 Å². The molecule has 2 aromatic rings. The Bertz CT molecular complexity index is 831. The number of nitrogens with zero attached hydrogens (tertiary/aromatic N) is 3. The van der Waals surface area contributed by atoms with Crippen molar-refractivity contribution >= 4 is 22.8 Å². The minimum Gasteiger partial charge on any atom is -0.343 e. The standard InChI is InChI=1S/C22H30N4O2/c1-16(2)14-26-15-22(13-21(26)28)9-11-25(12-10-22)20(27)8-7-19-23-17-5-3-4-6-18(17)24-19/h3-6,16H,7-15H2,1-2H3,(H,23,24). The van der Waals surface area contributed by atoms with Gasteiger partial charge in [0.15, 0.2) is 0 Å². The number of nitrogens with one attached hydrogen (secondary N) is 1. The molecule has 2 aliphatic heterocycles. The van der Waals surface area contributed by atoms with E-state index in [1.165, 1.54) is 0 Å². The monoisotopic (exact) mass is 382 g/mol. The van der Waals surface area contributed by atoms with Crippen LogP contribution in [0.25, 0.3) is 11.0 Å². The highest BCUT2D eigenvalue weighted by Gasteiger charge is 2.45. The van der Waals surface area contributed by atoms with E-state index in [0.29, 0.717) is 31.1 Å². The smallest absolute Gasteiger partial charge is 0.223 e. The predicted molar refractivity (Wildman–Crippen MR) is 109 cm³/mol. The summed E-state index contributed by atoms with van der Waals surface area (Å²) in [5.74, 6) is 1.85. The maximum atomic E-state index is 12.7. The minimum atomic E-state index is 0.0848. The molecule has 1 spiro atoms. The summed E-state index contributed by atoms with van der Waals surface area (Å²) in [6.45, 7) is 7.55. The van der Waals surface area contributed by atoms with Crippen LogP contribution in [-0.4, -0.2) is 57.8 Å². The molecular weight excluding hydrogens is 352 g/mol. The molecule has 6 nitrogen and oxygen atoms in total. The number of H-pyrrole nitrogens is 1. The summed E-state index contributed by atoms with van der Waals surface area (Å²) in [6, 6.07) is 7.93. The van der Waals surface area contributed by atoms with Crippen molar-refractivity contribution in [2.45, 2.75) is 46.0 Å². The molecule has 1 aromatic carbocycles. The van der Waals surface area contributed by atoms with E-state index in [1.54, 1.807) is 0 Å². The number of piperidine rings is 1. The molecule has 1 aromatic heterocycles. The van der Waals surface area contributed by atoms with Crippen LogP contribution < -0.4 is 0 Å². The van der Waals surface area contributed by atoms with E-state index in [1.807, 2.05) is 34.1 Å². The van der Waals surface area contributed by atoms with E-state index in [2.05, 4.69) is 23.8 Å². The molecule has 2 aliphatic rings. The molecule has 0 radical (unpaired) electrons. The van der Waals surface area contributed by atoms with E-state index in [9.17, 15) is 9.59 Å². The van der Waals surface area contributed by atoms with Crippen molar-refractivity contribution in [1.29, 1.82) is 0 Å². The number of aromatic nitrogens is 2. The van der Waals surface area contributed by atoms with Crippen molar-refractivity contribution < 1.29 is 9.59 Å². The largest absolute Gasteiger partial charge is 0.343 e. The summed E-state index contributed by atoms with van der Waals surface area (Å²) < 4.78 is 0. The van der Waals surface area contributed by atoms with Crippen LogP contribution in [0.4, 0.5) is 0 Å². The Hall–Kier alpha value is -2.37. The Morgan fingerprint density at radius 3 is 2.71 bits per heavy atom. The predicted octanol–water partition coefficient (Wildman–Crippen LogP) is 2.99. The Labute approximate surface area is 166 Å². The number of fused-ring (bicyclic) bond motifs is 1. The fourth-order valence-corrected chi connectivity index (χ4v) is 4.66. The van der Waals surface area contributed by atoms with Gasteiger partial charge in [-0.25, -0.2) is 4.98 Å². The number of hydrogen-bond acceptors (Lipinski definition) is 3. The van der Waals surface area contributed by atoms with Gasteiger partial charge in [-0.1, -0.05) is 26.0 Å². The van der Waals surface area contributed by atoms with Crippen LogP contribution in [0.2, 0.25) is 0 Å². The first kappa shape index (κ1) is 19.0. The summed E-state index contributed by atoms with van der Waals surface area (Å²) in [7, 11) is 0. The SMILES string of the molecule is CC(C)CN1CC2(CCN(C(=O)CCc3nc4ccccc4[nH]3)CC2)CC1=O. The van der Waals surface area contributed by atoms with Gasteiger partial charge in [0, 0.05) is 50.9 Å². The summed E-state index contributed by atoms with van der Waals surface area (Å²) in [5, 5.41) is 0. The normalized spacial score (nSPS) is 19.3. The summed E-state index contributed by atoms with van der Waals surface area (Å²) in [5.41, 5.74) is 2.05. The van der Waals surface area contributed by atoms with E-state index in [4.69, 9.17) is 0 Å². The number of amides is 2. The van der Waals surface area contributed by atoms with Gasteiger partial charge >= 0.3 is 0 Å². The van der Waals surface area contributed by atoms with E-state index in [0.717, 1.165) is 55.9 Å². The number of para-hydroxylation sites is 2. The Morgan fingerprint density at radius 1 is 1.25 bits per heavy atom. The Morgan fingerprint density at radius 2 is 2.00 bits per heavy atom. The fourth-order valence-electron chi connectivity index (χ4n) is 4.66. The molecule has 3 heterocycles. The van der Waals surface area contributed by atoms with Gasteiger partial charge in [-0.3, -0.25) is 9.59 Å². The molecular formula is C22H30N4O2. The lowest BCUT2D eigenvalue weighted by Crippen LogP contribution is -2.44. The second kappa shape index (κ2) is 7.57. The zero-order chi connectivity index (χ0) is 19.7. The molecule has 0 atom stereocenters. The number of aromatic amines is 1. The van der Waals surface area contributed by atoms with E-state index < -0.39 is 0 Å². The van der Waals surface area contributed by atoms with Crippen LogP contribution in [-0.2, 0) is 16.0 Å². The number of likely N-dealkylation sites (tertiary alicyclic amines) is 2. The lowest BCUT2D eigenvalue weighted by Gasteiger charge is -2.39. The highest BCUT2D eigenvalue weighted by molar-refractivity contribution is 5.80. The van der Waals surface area contributed by atoms with Gasteiger partial charge in [-0.2, -0.15) is 0 Å².